The van der Waals surface area contributed by atoms with E-state index in [1.165, 1.54) is 0 Å². The summed E-state index contributed by atoms with van der Waals surface area (Å²) in [4.78, 5) is 0. The largest absolute Gasteiger partial charge is 0.381 e. The van der Waals surface area contributed by atoms with Gasteiger partial charge in [0.15, 0.2) is 0 Å². The lowest BCUT2D eigenvalue weighted by Crippen LogP contribution is -2.28. The Bertz CT molecular complexity index is 319. The van der Waals surface area contributed by atoms with Crippen molar-refractivity contribution in [3.05, 3.63) is 0 Å². The molecule has 2 N–H and O–H groups in total. The third-order valence-electron chi connectivity index (χ3n) is 3.00. The fraction of sp³-hybridized carbons (Fsp3) is 1.00. The van der Waals surface area contributed by atoms with E-state index in [0.29, 0.717) is 19.3 Å². The normalized spacial score (nSPS) is 25.2. The third kappa shape index (κ3) is 7.27. The Labute approximate surface area is 109 Å². The Morgan fingerprint density at radius 3 is 2.56 bits per heavy atom. The topological polar surface area (TPSA) is 87.8 Å². The predicted octanol–water partition coefficient (Wildman–Crippen LogP) is 0.266. The van der Waals surface area contributed by atoms with Gasteiger partial charge in [-0.25, -0.2) is 13.6 Å². The van der Waals surface area contributed by atoms with Crippen LogP contribution in [0.15, 0.2) is 0 Å². The lowest BCUT2D eigenvalue weighted by Gasteiger charge is -2.28. The van der Waals surface area contributed by atoms with E-state index in [2.05, 4.69) is 0 Å². The van der Waals surface area contributed by atoms with Gasteiger partial charge in [-0.3, -0.25) is 0 Å². The molecule has 1 aliphatic rings. The van der Waals surface area contributed by atoms with Crippen LogP contribution < -0.4 is 5.14 Å². The van der Waals surface area contributed by atoms with Gasteiger partial charge in [-0.1, -0.05) is 0 Å². The zero-order valence-electron chi connectivity index (χ0n) is 10.8. The lowest BCUT2D eigenvalue weighted by atomic mass is 9.95. The van der Waals surface area contributed by atoms with Crippen LogP contribution in [0, 0.1) is 0 Å². The molecule has 0 radical (unpaired) electrons. The molecule has 2 unspecified atom stereocenters. The molecule has 1 saturated carbocycles. The van der Waals surface area contributed by atoms with Crippen LogP contribution in [0.5, 0.6) is 0 Å². The highest BCUT2D eigenvalue weighted by atomic mass is 32.2. The van der Waals surface area contributed by atoms with Crippen molar-refractivity contribution >= 4 is 10.0 Å². The van der Waals surface area contributed by atoms with Gasteiger partial charge in [0.1, 0.15) is 0 Å². The van der Waals surface area contributed by atoms with E-state index in [4.69, 9.17) is 19.3 Å². The maximum absolute atomic E-state index is 10.6. The van der Waals surface area contributed by atoms with Gasteiger partial charge >= 0.3 is 0 Å². The Morgan fingerprint density at radius 2 is 1.89 bits per heavy atom. The molecule has 2 atom stereocenters. The molecule has 0 aliphatic heterocycles. The third-order valence-corrected chi connectivity index (χ3v) is 3.74. The molecule has 1 fully saturated rings. The number of sulfonamides is 1. The van der Waals surface area contributed by atoms with Crippen molar-refractivity contribution < 1.29 is 22.6 Å². The smallest absolute Gasteiger partial charge is 0.211 e. The molecule has 0 aromatic rings. The summed E-state index contributed by atoms with van der Waals surface area (Å²) in [5.74, 6) is -0.151. The molecule has 0 heterocycles. The summed E-state index contributed by atoms with van der Waals surface area (Å²) < 4.78 is 37.4. The number of rotatable bonds is 8. The van der Waals surface area contributed by atoms with Gasteiger partial charge in [-0.2, -0.15) is 0 Å². The Kier molecular flexibility index (Phi) is 7.10. The molecular weight excluding hydrogens is 258 g/mol. The second-order valence-electron chi connectivity index (χ2n) is 4.50. The number of nitrogens with two attached hydrogens (primary N) is 1. The van der Waals surface area contributed by atoms with Crippen molar-refractivity contribution in [2.45, 2.75) is 37.9 Å². The van der Waals surface area contributed by atoms with Gasteiger partial charge in [0, 0.05) is 7.11 Å². The van der Waals surface area contributed by atoms with Crippen LogP contribution in [0.1, 0.15) is 25.7 Å². The average Bonchev–Trinajstić information content (AvgIpc) is 2.32. The molecule has 0 spiro atoms. The molecule has 1 aliphatic carbocycles. The highest BCUT2D eigenvalue weighted by Crippen LogP contribution is 2.22. The van der Waals surface area contributed by atoms with E-state index in [-0.39, 0.29) is 18.5 Å². The standard InChI is InChI=1S/C11H23NO5S/c1-15-10-3-2-4-11(9-10)17-6-5-16-7-8-18(12,13)14/h10-11H,2-9H2,1H3,(H2,12,13,14). The van der Waals surface area contributed by atoms with Gasteiger partial charge in [-0.05, 0) is 25.7 Å². The van der Waals surface area contributed by atoms with Gasteiger partial charge in [0.2, 0.25) is 10.0 Å². The molecule has 7 heteroatoms. The fourth-order valence-corrected chi connectivity index (χ4v) is 2.37. The van der Waals surface area contributed by atoms with E-state index in [9.17, 15) is 8.42 Å². The van der Waals surface area contributed by atoms with Crippen LogP contribution in [-0.4, -0.2) is 53.3 Å². The molecule has 0 saturated heterocycles. The summed E-state index contributed by atoms with van der Waals surface area (Å²) in [6.07, 6.45) is 4.72. The van der Waals surface area contributed by atoms with Crippen molar-refractivity contribution in [3.63, 3.8) is 0 Å². The highest BCUT2D eigenvalue weighted by molar-refractivity contribution is 7.89. The first-order valence-corrected chi connectivity index (χ1v) is 7.95. The minimum Gasteiger partial charge on any atom is -0.381 e. The summed E-state index contributed by atoms with van der Waals surface area (Å²) in [7, 11) is -1.70. The number of methoxy groups -OCH3 is 1. The van der Waals surface area contributed by atoms with Gasteiger partial charge in [0.05, 0.1) is 37.8 Å². The predicted molar refractivity (Wildman–Crippen MR) is 67.8 cm³/mol. The average molecular weight is 281 g/mol. The second kappa shape index (κ2) is 8.06. The first kappa shape index (κ1) is 15.8. The Balaban J connectivity index is 2.00. The van der Waals surface area contributed by atoms with Gasteiger partial charge in [-0.15, -0.1) is 0 Å². The fourth-order valence-electron chi connectivity index (χ4n) is 2.02. The molecule has 108 valence electrons. The molecule has 0 bridgehead atoms. The summed E-state index contributed by atoms with van der Waals surface area (Å²) in [6.45, 7) is 0.989. The summed E-state index contributed by atoms with van der Waals surface area (Å²) >= 11 is 0. The minimum atomic E-state index is -3.42. The van der Waals surface area contributed by atoms with Crippen LogP contribution in [0.2, 0.25) is 0 Å². The van der Waals surface area contributed by atoms with Crippen molar-refractivity contribution in [2.75, 3.05) is 32.7 Å². The monoisotopic (exact) mass is 281 g/mol. The molecule has 0 aromatic heterocycles. The van der Waals surface area contributed by atoms with Gasteiger partial charge < -0.3 is 14.2 Å². The van der Waals surface area contributed by atoms with Crippen molar-refractivity contribution in [3.8, 4) is 0 Å². The van der Waals surface area contributed by atoms with Crippen LogP contribution >= 0.6 is 0 Å². The van der Waals surface area contributed by atoms with Crippen molar-refractivity contribution in [1.29, 1.82) is 0 Å². The SMILES string of the molecule is COC1CCCC(OCCOCCS(N)(=O)=O)C1. The number of hydrogen-bond donors (Lipinski definition) is 1. The first-order valence-electron chi connectivity index (χ1n) is 6.24. The van der Waals surface area contributed by atoms with Crippen molar-refractivity contribution in [1.82, 2.24) is 0 Å². The van der Waals surface area contributed by atoms with Crippen molar-refractivity contribution in [2.24, 2.45) is 5.14 Å². The van der Waals surface area contributed by atoms with Crippen LogP contribution in [0.4, 0.5) is 0 Å². The molecule has 0 amide bonds. The maximum atomic E-state index is 10.6. The zero-order chi connectivity index (χ0) is 13.4. The number of hydrogen-bond acceptors (Lipinski definition) is 5. The summed E-state index contributed by atoms with van der Waals surface area (Å²) in [5.41, 5.74) is 0. The molecule has 0 aromatic carbocycles. The van der Waals surface area contributed by atoms with E-state index in [0.717, 1.165) is 25.7 Å². The lowest BCUT2D eigenvalue weighted by molar-refractivity contribution is -0.0455. The Hall–Kier alpha value is -0.210. The number of primary sulfonamides is 1. The molecular formula is C11H23NO5S. The maximum Gasteiger partial charge on any atom is 0.211 e. The van der Waals surface area contributed by atoms with Crippen LogP contribution in [-0.2, 0) is 24.2 Å². The second-order valence-corrected chi connectivity index (χ2v) is 6.23. The van der Waals surface area contributed by atoms with E-state index in [1.807, 2.05) is 0 Å². The zero-order valence-corrected chi connectivity index (χ0v) is 11.7. The van der Waals surface area contributed by atoms with Crippen LogP contribution in [0.3, 0.4) is 0 Å². The first-order chi connectivity index (χ1) is 8.51. The Morgan fingerprint density at radius 1 is 1.17 bits per heavy atom. The number of ether oxygens (including phenoxy) is 3. The van der Waals surface area contributed by atoms with E-state index >= 15 is 0 Å². The van der Waals surface area contributed by atoms with E-state index in [1.54, 1.807) is 7.11 Å². The summed E-state index contributed by atoms with van der Waals surface area (Å²) in [6, 6.07) is 0. The molecule has 6 nitrogen and oxygen atoms in total. The van der Waals surface area contributed by atoms with E-state index < -0.39 is 10.0 Å². The quantitative estimate of drug-likeness (QED) is 0.645. The highest BCUT2D eigenvalue weighted by Gasteiger charge is 2.21. The molecule has 1 rings (SSSR count). The minimum absolute atomic E-state index is 0.119. The molecule has 18 heavy (non-hydrogen) atoms. The summed E-state index contributed by atoms with van der Waals surface area (Å²) in [5, 5.41) is 4.84. The van der Waals surface area contributed by atoms with Crippen LogP contribution in [0.25, 0.3) is 0 Å². The van der Waals surface area contributed by atoms with Gasteiger partial charge in [0.25, 0.3) is 0 Å².